The summed E-state index contributed by atoms with van der Waals surface area (Å²) in [6.07, 6.45) is 2.85. The third-order valence-electron chi connectivity index (χ3n) is 5.73. The molecule has 4 unspecified atom stereocenters. The van der Waals surface area contributed by atoms with Crippen molar-refractivity contribution >= 4 is 17.7 Å². The number of hydrogen-bond donors (Lipinski definition) is 2. The van der Waals surface area contributed by atoms with Gasteiger partial charge in [0.2, 0.25) is 0 Å². The molecule has 1 aliphatic rings. The Morgan fingerprint density at radius 3 is 2.44 bits per heavy atom. The van der Waals surface area contributed by atoms with Crippen molar-refractivity contribution in [3.8, 4) is 0 Å². The van der Waals surface area contributed by atoms with E-state index >= 15 is 0 Å². The highest BCUT2D eigenvalue weighted by Crippen LogP contribution is 2.53. The zero-order valence-corrected chi connectivity index (χ0v) is 15.6. The molecule has 25 heavy (non-hydrogen) atoms. The lowest BCUT2D eigenvalue weighted by molar-refractivity contribution is -0.156. The standard InChI is InChI=1S/C21H24O3S/c1-13-18(12-15-8-10-16(25-3)11-9-15)17-6-4-5-7-19(17)21(13,24)14(2)20(22)23/h4-11,13-14,18,24H,12H2,1-3H3,(H,22,23). The number of benzene rings is 2. The Morgan fingerprint density at radius 2 is 1.84 bits per heavy atom. The molecule has 2 N–H and O–H groups in total. The Hall–Kier alpha value is -1.78. The van der Waals surface area contributed by atoms with Crippen molar-refractivity contribution in [1.29, 1.82) is 0 Å². The van der Waals surface area contributed by atoms with E-state index < -0.39 is 17.5 Å². The topological polar surface area (TPSA) is 57.5 Å². The zero-order valence-electron chi connectivity index (χ0n) is 14.8. The predicted octanol–water partition coefficient (Wildman–Crippen LogP) is 4.29. The van der Waals surface area contributed by atoms with E-state index in [1.165, 1.54) is 10.5 Å². The minimum absolute atomic E-state index is 0.100. The zero-order chi connectivity index (χ0) is 18.2. The van der Waals surface area contributed by atoms with Crippen LogP contribution in [0.1, 0.15) is 36.5 Å². The average Bonchev–Trinajstić information content (AvgIpc) is 2.84. The minimum atomic E-state index is -1.34. The maximum absolute atomic E-state index is 11.6. The number of rotatable bonds is 5. The summed E-state index contributed by atoms with van der Waals surface area (Å²) >= 11 is 1.71. The summed E-state index contributed by atoms with van der Waals surface area (Å²) < 4.78 is 0. The smallest absolute Gasteiger partial charge is 0.309 e. The first kappa shape index (κ1) is 18.0. The third-order valence-corrected chi connectivity index (χ3v) is 6.48. The van der Waals surface area contributed by atoms with Gasteiger partial charge in [-0.1, -0.05) is 43.3 Å². The third kappa shape index (κ3) is 2.98. The van der Waals surface area contributed by atoms with E-state index in [0.29, 0.717) is 0 Å². The van der Waals surface area contributed by atoms with E-state index in [1.807, 2.05) is 31.2 Å². The van der Waals surface area contributed by atoms with Crippen molar-refractivity contribution < 1.29 is 15.0 Å². The maximum atomic E-state index is 11.6. The molecule has 0 spiro atoms. The number of aliphatic carboxylic acids is 1. The highest BCUT2D eigenvalue weighted by Gasteiger charge is 2.53. The summed E-state index contributed by atoms with van der Waals surface area (Å²) in [5.41, 5.74) is 1.70. The van der Waals surface area contributed by atoms with Crippen molar-refractivity contribution in [3.05, 3.63) is 65.2 Å². The molecular weight excluding hydrogens is 332 g/mol. The largest absolute Gasteiger partial charge is 0.481 e. The molecule has 0 heterocycles. The molecule has 3 nitrogen and oxygen atoms in total. The molecule has 0 amide bonds. The van der Waals surface area contributed by atoms with Crippen LogP contribution in [0.3, 0.4) is 0 Å². The van der Waals surface area contributed by atoms with Crippen LogP contribution in [-0.2, 0) is 16.8 Å². The van der Waals surface area contributed by atoms with Crippen molar-refractivity contribution in [1.82, 2.24) is 0 Å². The first-order valence-electron chi connectivity index (χ1n) is 8.57. The van der Waals surface area contributed by atoms with Crippen LogP contribution in [0.25, 0.3) is 0 Å². The second-order valence-electron chi connectivity index (χ2n) is 6.92. The second kappa shape index (κ2) is 6.85. The lowest BCUT2D eigenvalue weighted by Gasteiger charge is -2.34. The molecule has 4 heteroatoms. The number of thioether (sulfide) groups is 1. The van der Waals surface area contributed by atoms with Crippen molar-refractivity contribution in [3.63, 3.8) is 0 Å². The van der Waals surface area contributed by atoms with E-state index in [2.05, 4.69) is 30.5 Å². The predicted molar refractivity (Wildman–Crippen MR) is 101 cm³/mol. The maximum Gasteiger partial charge on any atom is 0.309 e. The Morgan fingerprint density at radius 1 is 1.20 bits per heavy atom. The van der Waals surface area contributed by atoms with Gasteiger partial charge >= 0.3 is 5.97 Å². The van der Waals surface area contributed by atoms with Gasteiger partial charge in [-0.05, 0) is 60.3 Å². The lowest BCUT2D eigenvalue weighted by Crippen LogP contribution is -2.41. The Balaban J connectivity index is 1.99. The summed E-state index contributed by atoms with van der Waals surface area (Å²) in [5.74, 6) is -1.89. The number of carbonyl (C=O) groups is 1. The van der Waals surface area contributed by atoms with E-state index in [-0.39, 0.29) is 11.8 Å². The van der Waals surface area contributed by atoms with Gasteiger partial charge in [0.05, 0.1) is 5.92 Å². The highest BCUT2D eigenvalue weighted by atomic mass is 32.2. The number of aliphatic hydroxyl groups is 1. The Bertz CT molecular complexity index is 771. The summed E-state index contributed by atoms with van der Waals surface area (Å²) in [7, 11) is 0. The number of carboxylic acid groups (broad SMARTS) is 1. The molecule has 2 aromatic carbocycles. The fraction of sp³-hybridized carbons (Fsp3) is 0.381. The Kier molecular flexibility index (Phi) is 4.94. The number of hydrogen-bond acceptors (Lipinski definition) is 3. The van der Waals surface area contributed by atoms with Crippen LogP contribution in [0.5, 0.6) is 0 Å². The molecule has 4 atom stereocenters. The van der Waals surface area contributed by atoms with Gasteiger partial charge in [0, 0.05) is 4.90 Å². The van der Waals surface area contributed by atoms with Crippen LogP contribution in [0.2, 0.25) is 0 Å². The van der Waals surface area contributed by atoms with E-state index in [9.17, 15) is 15.0 Å². The summed E-state index contributed by atoms with van der Waals surface area (Å²) in [6, 6.07) is 16.2. The van der Waals surface area contributed by atoms with Gasteiger partial charge < -0.3 is 10.2 Å². The van der Waals surface area contributed by atoms with Crippen LogP contribution in [0.4, 0.5) is 0 Å². The van der Waals surface area contributed by atoms with Crippen molar-refractivity contribution in [2.75, 3.05) is 6.26 Å². The molecule has 0 fully saturated rings. The van der Waals surface area contributed by atoms with Crippen LogP contribution in [0.15, 0.2) is 53.4 Å². The quantitative estimate of drug-likeness (QED) is 0.785. The van der Waals surface area contributed by atoms with Crippen molar-refractivity contribution in [2.45, 2.75) is 36.7 Å². The Labute approximate surface area is 153 Å². The first-order chi connectivity index (χ1) is 11.9. The molecule has 0 saturated carbocycles. The van der Waals surface area contributed by atoms with Crippen LogP contribution in [0, 0.1) is 11.8 Å². The van der Waals surface area contributed by atoms with Gasteiger partial charge in [0.25, 0.3) is 0 Å². The molecule has 3 rings (SSSR count). The summed E-state index contributed by atoms with van der Waals surface area (Å²) in [6.45, 7) is 3.58. The molecular formula is C21H24O3S. The average molecular weight is 356 g/mol. The van der Waals surface area contributed by atoms with Gasteiger partial charge in [0.15, 0.2) is 0 Å². The fourth-order valence-electron chi connectivity index (χ4n) is 4.12. The molecule has 0 radical (unpaired) electrons. The van der Waals surface area contributed by atoms with Gasteiger partial charge in [-0.15, -0.1) is 11.8 Å². The minimum Gasteiger partial charge on any atom is -0.481 e. The van der Waals surface area contributed by atoms with Gasteiger partial charge in [-0.3, -0.25) is 4.79 Å². The molecule has 0 bridgehead atoms. The molecule has 0 aromatic heterocycles. The number of fused-ring (bicyclic) bond motifs is 1. The molecule has 1 aliphatic carbocycles. The lowest BCUT2D eigenvalue weighted by atomic mass is 9.75. The molecule has 0 saturated heterocycles. The summed E-state index contributed by atoms with van der Waals surface area (Å²) in [4.78, 5) is 12.8. The van der Waals surface area contributed by atoms with Gasteiger partial charge in [0.1, 0.15) is 5.60 Å². The van der Waals surface area contributed by atoms with E-state index in [4.69, 9.17) is 0 Å². The van der Waals surface area contributed by atoms with Crippen LogP contribution < -0.4 is 0 Å². The summed E-state index contributed by atoms with van der Waals surface area (Å²) in [5, 5.41) is 20.9. The molecule has 0 aliphatic heterocycles. The molecule has 132 valence electrons. The van der Waals surface area contributed by atoms with Gasteiger partial charge in [-0.25, -0.2) is 0 Å². The van der Waals surface area contributed by atoms with Gasteiger partial charge in [-0.2, -0.15) is 0 Å². The molecule has 2 aromatic rings. The first-order valence-corrected chi connectivity index (χ1v) is 9.79. The van der Waals surface area contributed by atoms with E-state index in [1.54, 1.807) is 18.7 Å². The SMILES string of the molecule is CSc1ccc(CC2c3ccccc3C(O)(C(C)C(=O)O)C2C)cc1. The number of carboxylic acids is 1. The van der Waals surface area contributed by atoms with Crippen LogP contribution >= 0.6 is 11.8 Å². The fourth-order valence-corrected chi connectivity index (χ4v) is 4.53. The van der Waals surface area contributed by atoms with Crippen LogP contribution in [-0.4, -0.2) is 22.4 Å². The van der Waals surface area contributed by atoms with E-state index in [0.717, 1.165) is 17.5 Å². The monoisotopic (exact) mass is 356 g/mol. The second-order valence-corrected chi connectivity index (χ2v) is 7.80. The normalized spacial score (nSPS) is 26.2. The van der Waals surface area contributed by atoms with Crippen molar-refractivity contribution in [2.24, 2.45) is 11.8 Å². The highest BCUT2D eigenvalue weighted by molar-refractivity contribution is 7.98.